The van der Waals surface area contributed by atoms with Gasteiger partial charge in [0.05, 0.1) is 0 Å². The summed E-state index contributed by atoms with van der Waals surface area (Å²) in [6.07, 6.45) is -0.926. The molecule has 6 heteroatoms. The average Bonchev–Trinajstić information content (AvgIpc) is 1.95. The van der Waals surface area contributed by atoms with Crippen molar-refractivity contribution in [3.63, 3.8) is 0 Å². The lowest BCUT2D eigenvalue weighted by Crippen LogP contribution is -2.47. The number of carboxylic acids is 1. The smallest absolute Gasteiger partial charge is 0.408 e. The molecule has 2 N–H and O–H groups in total. The number of alkyl carbamates (subject to hydrolysis) is 1. The molecule has 0 saturated heterocycles. The molecule has 0 bridgehead atoms. The first-order valence-electron chi connectivity index (χ1n) is 4.36. The Kier molecular flexibility index (Phi) is 4.26. The van der Waals surface area contributed by atoms with E-state index >= 15 is 0 Å². The number of Topliss-reactive ketones (excluding diaryl/α,β-unsaturated/α-hetero) is 1. The standard InChI is InChI=1S/C9H15NO5/c1-5(11)6(7(12)13)10-8(14)15-9(2,3)4/h6H,1-4H3,(H,10,14)(H,12,13). The van der Waals surface area contributed by atoms with E-state index in [9.17, 15) is 14.4 Å². The topological polar surface area (TPSA) is 92.7 Å². The third-order valence-electron chi connectivity index (χ3n) is 1.31. The Balaban J connectivity index is 4.38. The third-order valence-corrected chi connectivity index (χ3v) is 1.31. The summed E-state index contributed by atoms with van der Waals surface area (Å²) < 4.78 is 4.80. The molecule has 0 aliphatic rings. The molecule has 15 heavy (non-hydrogen) atoms. The van der Waals surface area contributed by atoms with Crippen LogP contribution in [0, 0.1) is 0 Å². The molecule has 0 saturated carbocycles. The van der Waals surface area contributed by atoms with Gasteiger partial charge in [-0.3, -0.25) is 4.79 Å². The summed E-state index contributed by atoms with van der Waals surface area (Å²) in [5, 5.41) is 10.6. The second-order valence-corrected chi connectivity index (χ2v) is 4.03. The highest BCUT2D eigenvalue weighted by molar-refractivity contribution is 6.03. The number of ketones is 1. The molecule has 1 unspecified atom stereocenters. The van der Waals surface area contributed by atoms with Crippen molar-refractivity contribution < 1.29 is 24.2 Å². The second kappa shape index (κ2) is 4.77. The highest BCUT2D eigenvalue weighted by atomic mass is 16.6. The van der Waals surface area contributed by atoms with Crippen molar-refractivity contribution in [3.05, 3.63) is 0 Å². The number of rotatable bonds is 3. The maximum absolute atomic E-state index is 11.1. The summed E-state index contributed by atoms with van der Waals surface area (Å²) >= 11 is 0. The first kappa shape index (κ1) is 13.4. The van der Waals surface area contributed by atoms with E-state index in [4.69, 9.17) is 9.84 Å². The first-order valence-corrected chi connectivity index (χ1v) is 4.36. The number of amides is 1. The Morgan fingerprint density at radius 2 is 1.73 bits per heavy atom. The molecule has 0 spiro atoms. The molecule has 1 amide bonds. The van der Waals surface area contributed by atoms with Gasteiger partial charge in [0, 0.05) is 0 Å². The first-order chi connectivity index (χ1) is 6.63. The minimum absolute atomic E-state index is 0.659. The van der Waals surface area contributed by atoms with Crippen molar-refractivity contribution in [1.82, 2.24) is 5.32 Å². The lowest BCUT2D eigenvalue weighted by Gasteiger charge is -2.21. The van der Waals surface area contributed by atoms with Crippen LogP contribution in [0.1, 0.15) is 27.7 Å². The van der Waals surface area contributed by atoms with E-state index in [1.807, 2.05) is 5.32 Å². The molecule has 0 aromatic rings. The van der Waals surface area contributed by atoms with E-state index in [-0.39, 0.29) is 0 Å². The molecule has 6 nitrogen and oxygen atoms in total. The van der Waals surface area contributed by atoms with Gasteiger partial charge in [-0.15, -0.1) is 0 Å². The van der Waals surface area contributed by atoms with Crippen LogP contribution in [0.2, 0.25) is 0 Å². The summed E-state index contributed by atoms with van der Waals surface area (Å²) in [5.41, 5.74) is -0.732. The van der Waals surface area contributed by atoms with Gasteiger partial charge in [-0.25, -0.2) is 9.59 Å². The van der Waals surface area contributed by atoms with Gasteiger partial charge in [-0.1, -0.05) is 0 Å². The fourth-order valence-electron chi connectivity index (χ4n) is 0.763. The lowest BCUT2D eigenvalue weighted by molar-refractivity contribution is -0.142. The Morgan fingerprint density at radius 1 is 1.27 bits per heavy atom. The molecule has 0 aromatic carbocycles. The highest BCUT2D eigenvalue weighted by Gasteiger charge is 2.27. The molecule has 0 aliphatic carbocycles. The molecule has 0 radical (unpaired) electrons. The van der Waals surface area contributed by atoms with Crippen molar-refractivity contribution in [3.8, 4) is 0 Å². The molecule has 0 aliphatic heterocycles. The minimum Gasteiger partial charge on any atom is -0.479 e. The molecule has 0 aromatic heterocycles. The summed E-state index contributed by atoms with van der Waals surface area (Å²) in [5.74, 6) is -2.07. The van der Waals surface area contributed by atoms with Crippen molar-refractivity contribution in [2.75, 3.05) is 0 Å². The predicted molar refractivity (Wildman–Crippen MR) is 51.5 cm³/mol. The van der Waals surface area contributed by atoms with Gasteiger partial charge in [-0.2, -0.15) is 0 Å². The van der Waals surface area contributed by atoms with Crippen molar-refractivity contribution in [1.29, 1.82) is 0 Å². The van der Waals surface area contributed by atoms with Crippen LogP contribution in [0.5, 0.6) is 0 Å². The quantitative estimate of drug-likeness (QED) is 0.673. The number of carboxylic acid groups (broad SMARTS) is 1. The normalized spacial score (nSPS) is 12.8. The van der Waals surface area contributed by atoms with Gasteiger partial charge >= 0.3 is 12.1 Å². The van der Waals surface area contributed by atoms with Crippen LogP contribution in [0.4, 0.5) is 4.79 Å². The van der Waals surface area contributed by atoms with Crippen LogP contribution in [-0.4, -0.2) is 34.6 Å². The Bertz CT molecular complexity index is 265. The SMILES string of the molecule is CC(=O)C(NC(=O)OC(C)(C)C)C(=O)O. The fourth-order valence-corrected chi connectivity index (χ4v) is 0.763. The van der Waals surface area contributed by atoms with Gasteiger partial charge in [0.2, 0.25) is 0 Å². The van der Waals surface area contributed by atoms with Crippen LogP contribution < -0.4 is 5.32 Å². The van der Waals surface area contributed by atoms with E-state index < -0.39 is 29.5 Å². The van der Waals surface area contributed by atoms with E-state index in [0.29, 0.717) is 0 Å². The number of ether oxygens (including phenoxy) is 1. The summed E-state index contributed by atoms with van der Waals surface area (Å²) in [7, 11) is 0. The number of hydrogen-bond donors (Lipinski definition) is 2. The van der Waals surface area contributed by atoms with Crippen molar-refractivity contribution in [2.24, 2.45) is 0 Å². The molecule has 86 valence electrons. The van der Waals surface area contributed by atoms with E-state index in [2.05, 4.69) is 0 Å². The summed E-state index contributed by atoms with van der Waals surface area (Å²) in [6, 6.07) is -1.56. The van der Waals surface area contributed by atoms with Gasteiger partial charge in [0.1, 0.15) is 5.60 Å². The zero-order chi connectivity index (χ0) is 12.2. The zero-order valence-electron chi connectivity index (χ0n) is 9.16. The predicted octanol–water partition coefficient (Wildman–Crippen LogP) is 0.553. The molecular formula is C9H15NO5. The molecule has 0 rings (SSSR count). The monoisotopic (exact) mass is 217 g/mol. The fraction of sp³-hybridized carbons (Fsp3) is 0.667. The molecule has 1 atom stereocenters. The van der Waals surface area contributed by atoms with Crippen LogP contribution in [0.15, 0.2) is 0 Å². The molecular weight excluding hydrogens is 202 g/mol. The number of hydrogen-bond acceptors (Lipinski definition) is 4. The van der Waals surface area contributed by atoms with Crippen molar-refractivity contribution in [2.45, 2.75) is 39.3 Å². The van der Waals surface area contributed by atoms with Gasteiger partial charge in [0.25, 0.3) is 0 Å². The number of carbonyl (C=O) groups excluding carboxylic acids is 2. The largest absolute Gasteiger partial charge is 0.479 e. The average molecular weight is 217 g/mol. The maximum atomic E-state index is 11.1. The van der Waals surface area contributed by atoms with Gasteiger partial charge < -0.3 is 15.2 Å². The minimum atomic E-state index is -1.56. The van der Waals surface area contributed by atoms with Gasteiger partial charge in [0.15, 0.2) is 11.8 Å². The van der Waals surface area contributed by atoms with Crippen LogP contribution in [0.25, 0.3) is 0 Å². The summed E-state index contributed by atoms with van der Waals surface area (Å²) in [4.78, 5) is 32.5. The van der Waals surface area contributed by atoms with E-state index in [0.717, 1.165) is 6.92 Å². The Morgan fingerprint density at radius 3 is 2.00 bits per heavy atom. The zero-order valence-corrected chi connectivity index (χ0v) is 9.16. The Labute approximate surface area is 87.6 Å². The van der Waals surface area contributed by atoms with E-state index in [1.165, 1.54) is 0 Å². The number of carbonyl (C=O) groups is 3. The Hall–Kier alpha value is -1.59. The van der Waals surface area contributed by atoms with Crippen LogP contribution in [0.3, 0.4) is 0 Å². The second-order valence-electron chi connectivity index (χ2n) is 4.03. The number of aliphatic carboxylic acids is 1. The van der Waals surface area contributed by atoms with Crippen molar-refractivity contribution >= 4 is 17.8 Å². The van der Waals surface area contributed by atoms with Crippen LogP contribution >= 0.6 is 0 Å². The lowest BCUT2D eigenvalue weighted by atomic mass is 10.2. The van der Waals surface area contributed by atoms with Crippen LogP contribution in [-0.2, 0) is 14.3 Å². The number of nitrogens with one attached hydrogen (secondary N) is 1. The third kappa shape index (κ3) is 5.66. The maximum Gasteiger partial charge on any atom is 0.408 e. The molecule has 0 heterocycles. The van der Waals surface area contributed by atoms with E-state index in [1.54, 1.807) is 20.8 Å². The molecule has 0 fully saturated rings. The van der Waals surface area contributed by atoms with Gasteiger partial charge in [-0.05, 0) is 27.7 Å². The highest BCUT2D eigenvalue weighted by Crippen LogP contribution is 2.06. The summed E-state index contributed by atoms with van der Waals surface area (Å²) in [6.45, 7) is 5.98.